The van der Waals surface area contributed by atoms with Crippen LogP contribution in [0.5, 0.6) is 0 Å². The van der Waals surface area contributed by atoms with Crippen molar-refractivity contribution in [3.05, 3.63) is 23.5 Å². The van der Waals surface area contributed by atoms with Gasteiger partial charge in [-0.1, -0.05) is 0 Å². The molecule has 0 aliphatic carbocycles. The fraction of sp³-hybridized carbons (Fsp3) is 0.583. The largest absolute Gasteiger partial charge is 0.342 e. The summed E-state index contributed by atoms with van der Waals surface area (Å²) in [5.41, 5.74) is 1.93. The molecule has 4 heteroatoms. The van der Waals surface area contributed by atoms with Crippen LogP contribution in [0.25, 0.3) is 0 Å². The minimum Gasteiger partial charge on any atom is -0.342 e. The number of hydrogen-bond acceptors (Lipinski definition) is 3. The molecule has 1 fully saturated rings. The summed E-state index contributed by atoms with van der Waals surface area (Å²) in [6.07, 6.45) is 3.37. The summed E-state index contributed by atoms with van der Waals surface area (Å²) in [4.78, 5) is 0. The van der Waals surface area contributed by atoms with Crippen molar-refractivity contribution in [2.24, 2.45) is 13.0 Å². The molecule has 16 heavy (non-hydrogen) atoms. The molecule has 1 unspecified atom stereocenters. The zero-order valence-corrected chi connectivity index (χ0v) is 10.4. The summed E-state index contributed by atoms with van der Waals surface area (Å²) >= 11 is 2.05. The molecule has 0 spiro atoms. The molecule has 1 aromatic heterocycles. The van der Waals surface area contributed by atoms with Crippen LogP contribution in [0, 0.1) is 17.2 Å². The van der Waals surface area contributed by atoms with Crippen LogP contribution in [0.3, 0.4) is 0 Å². The van der Waals surface area contributed by atoms with Crippen molar-refractivity contribution in [1.29, 1.82) is 5.26 Å². The van der Waals surface area contributed by atoms with Crippen molar-refractivity contribution in [3.63, 3.8) is 0 Å². The second kappa shape index (κ2) is 5.42. The minimum atomic E-state index is 0.730. The SMILES string of the molecule is Cn1cc(CNCC2CCSC2)cc1C#N. The fourth-order valence-electron chi connectivity index (χ4n) is 2.01. The van der Waals surface area contributed by atoms with Crippen LogP contribution in [0.4, 0.5) is 0 Å². The Labute approximate surface area is 101 Å². The molecular weight excluding hydrogens is 218 g/mol. The standard InChI is InChI=1S/C12H17N3S/c1-15-8-11(4-12(15)5-13)7-14-6-10-2-3-16-9-10/h4,8,10,14H,2-3,6-7,9H2,1H3. The van der Waals surface area contributed by atoms with E-state index in [4.69, 9.17) is 5.26 Å². The van der Waals surface area contributed by atoms with Crippen LogP contribution >= 0.6 is 11.8 Å². The Kier molecular flexibility index (Phi) is 3.92. The monoisotopic (exact) mass is 235 g/mol. The number of hydrogen-bond donors (Lipinski definition) is 1. The Morgan fingerprint density at radius 2 is 2.56 bits per heavy atom. The maximum atomic E-state index is 8.84. The van der Waals surface area contributed by atoms with Crippen LogP contribution in [0.15, 0.2) is 12.3 Å². The van der Waals surface area contributed by atoms with Gasteiger partial charge >= 0.3 is 0 Å². The van der Waals surface area contributed by atoms with E-state index < -0.39 is 0 Å². The molecule has 0 aromatic carbocycles. The first-order valence-electron chi connectivity index (χ1n) is 5.63. The predicted molar refractivity (Wildman–Crippen MR) is 67.3 cm³/mol. The molecule has 0 radical (unpaired) electrons. The Balaban J connectivity index is 1.78. The third-order valence-corrected chi connectivity index (χ3v) is 4.19. The second-order valence-corrected chi connectivity index (χ2v) is 5.47. The molecule has 0 bridgehead atoms. The van der Waals surface area contributed by atoms with E-state index in [0.29, 0.717) is 0 Å². The molecule has 1 aliphatic heterocycles. The zero-order valence-electron chi connectivity index (χ0n) is 9.57. The lowest BCUT2D eigenvalue weighted by atomic mass is 10.1. The molecule has 3 nitrogen and oxygen atoms in total. The zero-order chi connectivity index (χ0) is 11.4. The van der Waals surface area contributed by atoms with Crippen molar-refractivity contribution in [2.45, 2.75) is 13.0 Å². The Morgan fingerprint density at radius 1 is 1.69 bits per heavy atom. The molecule has 1 aromatic rings. The maximum absolute atomic E-state index is 8.84. The summed E-state index contributed by atoms with van der Waals surface area (Å²) in [7, 11) is 1.91. The fourth-order valence-corrected chi connectivity index (χ4v) is 3.29. The van der Waals surface area contributed by atoms with Gasteiger partial charge in [0.2, 0.25) is 0 Å². The van der Waals surface area contributed by atoms with E-state index in [0.717, 1.165) is 24.7 Å². The third-order valence-electron chi connectivity index (χ3n) is 2.96. The van der Waals surface area contributed by atoms with E-state index in [9.17, 15) is 0 Å². The number of rotatable bonds is 4. The van der Waals surface area contributed by atoms with Gasteiger partial charge in [0.15, 0.2) is 0 Å². The van der Waals surface area contributed by atoms with Crippen LogP contribution in [-0.4, -0.2) is 22.6 Å². The quantitative estimate of drug-likeness (QED) is 0.864. The Hall–Kier alpha value is -0.920. The van der Waals surface area contributed by atoms with E-state index in [1.165, 1.54) is 23.5 Å². The van der Waals surface area contributed by atoms with Gasteiger partial charge in [0.05, 0.1) is 0 Å². The van der Waals surface area contributed by atoms with Crippen LogP contribution in [0.1, 0.15) is 17.7 Å². The smallest absolute Gasteiger partial charge is 0.120 e. The molecule has 0 saturated carbocycles. The molecule has 1 saturated heterocycles. The highest BCUT2D eigenvalue weighted by molar-refractivity contribution is 7.99. The summed E-state index contributed by atoms with van der Waals surface area (Å²) in [6.45, 7) is 1.97. The number of nitrogens with zero attached hydrogens (tertiary/aromatic N) is 2. The minimum absolute atomic E-state index is 0.730. The topological polar surface area (TPSA) is 40.8 Å². The van der Waals surface area contributed by atoms with E-state index in [1.54, 1.807) is 0 Å². The highest BCUT2D eigenvalue weighted by atomic mass is 32.2. The van der Waals surface area contributed by atoms with E-state index in [1.807, 2.05) is 23.9 Å². The third kappa shape index (κ3) is 2.81. The van der Waals surface area contributed by atoms with Crippen molar-refractivity contribution < 1.29 is 0 Å². The number of thioether (sulfide) groups is 1. The first-order valence-corrected chi connectivity index (χ1v) is 6.79. The number of nitrogens with one attached hydrogen (secondary N) is 1. The van der Waals surface area contributed by atoms with Crippen LogP contribution in [-0.2, 0) is 13.6 Å². The lowest BCUT2D eigenvalue weighted by molar-refractivity contribution is 0.523. The molecule has 2 rings (SSSR count). The summed E-state index contributed by atoms with van der Waals surface area (Å²) < 4.78 is 1.88. The lowest BCUT2D eigenvalue weighted by Gasteiger charge is -2.08. The number of nitriles is 1. The number of aryl methyl sites for hydroxylation is 1. The van der Waals surface area contributed by atoms with Gasteiger partial charge in [0, 0.05) is 19.8 Å². The second-order valence-electron chi connectivity index (χ2n) is 4.32. The predicted octanol–water partition coefficient (Wildman–Crippen LogP) is 1.74. The Morgan fingerprint density at radius 3 is 3.19 bits per heavy atom. The lowest BCUT2D eigenvalue weighted by Crippen LogP contribution is -2.21. The van der Waals surface area contributed by atoms with Crippen molar-refractivity contribution in [2.75, 3.05) is 18.1 Å². The highest BCUT2D eigenvalue weighted by Gasteiger charge is 2.14. The van der Waals surface area contributed by atoms with Gasteiger partial charge in [0.25, 0.3) is 0 Å². The summed E-state index contributed by atoms with van der Waals surface area (Å²) in [6, 6.07) is 4.13. The van der Waals surface area contributed by atoms with Gasteiger partial charge in [-0.15, -0.1) is 0 Å². The average molecular weight is 235 g/mol. The van der Waals surface area contributed by atoms with Crippen molar-refractivity contribution in [3.8, 4) is 6.07 Å². The summed E-state index contributed by atoms with van der Waals surface area (Å²) in [5.74, 6) is 3.45. The van der Waals surface area contributed by atoms with Gasteiger partial charge in [0.1, 0.15) is 11.8 Å². The number of aromatic nitrogens is 1. The van der Waals surface area contributed by atoms with Crippen LogP contribution in [0.2, 0.25) is 0 Å². The first-order chi connectivity index (χ1) is 7.79. The highest BCUT2D eigenvalue weighted by Crippen LogP contribution is 2.22. The molecule has 1 N–H and O–H groups in total. The van der Waals surface area contributed by atoms with Gasteiger partial charge in [-0.25, -0.2) is 0 Å². The van der Waals surface area contributed by atoms with Gasteiger partial charge < -0.3 is 9.88 Å². The van der Waals surface area contributed by atoms with E-state index >= 15 is 0 Å². The molecule has 1 atom stereocenters. The van der Waals surface area contributed by atoms with Crippen molar-refractivity contribution >= 4 is 11.8 Å². The van der Waals surface area contributed by atoms with Gasteiger partial charge in [-0.3, -0.25) is 0 Å². The van der Waals surface area contributed by atoms with E-state index in [-0.39, 0.29) is 0 Å². The average Bonchev–Trinajstić information content (AvgIpc) is 2.88. The molecule has 0 amide bonds. The normalized spacial score (nSPS) is 19.9. The van der Waals surface area contributed by atoms with Gasteiger partial charge in [-0.2, -0.15) is 17.0 Å². The molecule has 86 valence electrons. The van der Waals surface area contributed by atoms with E-state index in [2.05, 4.69) is 23.1 Å². The Bertz CT molecular complexity index is 385. The van der Waals surface area contributed by atoms with Crippen LogP contribution < -0.4 is 5.32 Å². The van der Waals surface area contributed by atoms with Crippen molar-refractivity contribution in [1.82, 2.24) is 9.88 Å². The maximum Gasteiger partial charge on any atom is 0.120 e. The van der Waals surface area contributed by atoms with Gasteiger partial charge in [-0.05, 0) is 42.0 Å². The first kappa shape index (κ1) is 11.6. The molecule has 1 aliphatic rings. The molecular formula is C12H17N3S. The summed E-state index contributed by atoms with van der Waals surface area (Å²) in [5, 5.41) is 12.3. The molecule has 2 heterocycles.